The van der Waals surface area contributed by atoms with E-state index in [1.807, 2.05) is 0 Å². The van der Waals surface area contributed by atoms with E-state index in [-0.39, 0.29) is 11.8 Å². The second kappa shape index (κ2) is 8.56. The minimum absolute atomic E-state index is 0.0167. The maximum absolute atomic E-state index is 13.0. The van der Waals surface area contributed by atoms with Crippen molar-refractivity contribution in [2.75, 3.05) is 12.4 Å². The summed E-state index contributed by atoms with van der Waals surface area (Å²) in [5, 5.41) is 2.46. The highest BCUT2D eigenvalue weighted by atomic mass is 19.4. The molecule has 0 radical (unpaired) electrons. The number of anilines is 1. The summed E-state index contributed by atoms with van der Waals surface area (Å²) < 4.78 is 85.0. The summed E-state index contributed by atoms with van der Waals surface area (Å²) >= 11 is 0. The first-order chi connectivity index (χ1) is 14.9. The number of aromatic nitrogens is 2. The Morgan fingerprint density at radius 2 is 1.66 bits per heavy atom. The third-order valence-electron chi connectivity index (χ3n) is 4.47. The summed E-state index contributed by atoms with van der Waals surface area (Å²) in [7, 11) is 1.41. The number of benzene rings is 2. The summed E-state index contributed by atoms with van der Waals surface area (Å²) in [4.78, 5) is 16.4. The number of methoxy groups -OCH3 is 1. The average Bonchev–Trinajstić information content (AvgIpc) is 3.12. The molecular formula is C21H17F6N3O2. The average molecular weight is 457 g/mol. The lowest BCUT2D eigenvalue weighted by Crippen LogP contribution is -2.17. The summed E-state index contributed by atoms with van der Waals surface area (Å²) in [5.74, 6) is -0.413. The van der Waals surface area contributed by atoms with Gasteiger partial charge in [0.2, 0.25) is 5.91 Å². The molecule has 0 bridgehead atoms. The SMILES string of the molecule is COc1cc(NC(=O)Cc2cc(C(F)(F)F)cc(C(F)(F)F)c2)ccc1-n1cnc(C)c1. The fourth-order valence-corrected chi connectivity index (χ4v) is 3.03. The topological polar surface area (TPSA) is 56.1 Å². The number of hydrogen-bond acceptors (Lipinski definition) is 3. The van der Waals surface area contributed by atoms with Gasteiger partial charge in [0, 0.05) is 18.0 Å². The van der Waals surface area contributed by atoms with Gasteiger partial charge in [-0.3, -0.25) is 4.79 Å². The number of alkyl halides is 6. The molecule has 0 aliphatic heterocycles. The Balaban J connectivity index is 1.82. The molecule has 0 fully saturated rings. The van der Waals surface area contributed by atoms with Gasteiger partial charge in [-0.05, 0) is 42.8 Å². The van der Waals surface area contributed by atoms with Crippen LogP contribution in [0.4, 0.5) is 32.0 Å². The molecule has 1 heterocycles. The maximum Gasteiger partial charge on any atom is 0.416 e. The minimum atomic E-state index is -4.98. The number of ether oxygens (including phenoxy) is 1. The Morgan fingerprint density at radius 1 is 1.03 bits per heavy atom. The van der Waals surface area contributed by atoms with E-state index in [0.717, 1.165) is 5.69 Å². The van der Waals surface area contributed by atoms with Crippen LogP contribution in [0.25, 0.3) is 5.69 Å². The number of halogens is 6. The van der Waals surface area contributed by atoms with Gasteiger partial charge in [-0.15, -0.1) is 0 Å². The molecule has 0 spiro atoms. The van der Waals surface area contributed by atoms with E-state index in [0.29, 0.717) is 23.6 Å². The molecule has 0 atom stereocenters. The number of carbonyl (C=O) groups excluding carboxylic acids is 1. The number of rotatable bonds is 5. The van der Waals surface area contributed by atoms with Gasteiger partial charge in [0.1, 0.15) is 5.75 Å². The molecule has 32 heavy (non-hydrogen) atoms. The van der Waals surface area contributed by atoms with Crippen LogP contribution in [-0.2, 0) is 23.6 Å². The molecule has 0 saturated carbocycles. The molecule has 2 aromatic carbocycles. The van der Waals surface area contributed by atoms with Crippen molar-refractivity contribution in [3.8, 4) is 11.4 Å². The van der Waals surface area contributed by atoms with Crippen LogP contribution in [0.15, 0.2) is 48.9 Å². The Labute approximate surface area is 178 Å². The fourth-order valence-electron chi connectivity index (χ4n) is 3.03. The number of amides is 1. The molecule has 0 aliphatic carbocycles. The van der Waals surface area contributed by atoms with Crippen LogP contribution in [0.2, 0.25) is 0 Å². The Morgan fingerprint density at radius 3 is 2.16 bits per heavy atom. The van der Waals surface area contributed by atoms with Crippen LogP contribution in [-0.4, -0.2) is 22.6 Å². The van der Waals surface area contributed by atoms with Crippen molar-refractivity contribution in [1.29, 1.82) is 0 Å². The number of hydrogen-bond donors (Lipinski definition) is 1. The minimum Gasteiger partial charge on any atom is -0.494 e. The molecule has 0 saturated heterocycles. The van der Waals surface area contributed by atoms with Gasteiger partial charge in [0.25, 0.3) is 0 Å². The number of carbonyl (C=O) groups is 1. The zero-order chi connectivity index (χ0) is 23.7. The van der Waals surface area contributed by atoms with E-state index < -0.39 is 41.4 Å². The van der Waals surface area contributed by atoms with E-state index in [1.54, 1.807) is 30.1 Å². The molecule has 5 nitrogen and oxygen atoms in total. The van der Waals surface area contributed by atoms with E-state index >= 15 is 0 Å². The molecule has 170 valence electrons. The summed E-state index contributed by atoms with van der Waals surface area (Å²) in [6, 6.07) is 5.71. The first kappa shape index (κ1) is 23.2. The molecule has 0 unspecified atom stereocenters. The highest BCUT2D eigenvalue weighted by molar-refractivity contribution is 5.92. The number of nitrogens with zero attached hydrogens (tertiary/aromatic N) is 2. The highest BCUT2D eigenvalue weighted by Gasteiger charge is 2.37. The van der Waals surface area contributed by atoms with Crippen molar-refractivity contribution in [1.82, 2.24) is 9.55 Å². The second-order valence-corrected chi connectivity index (χ2v) is 6.95. The standard InChI is InChI=1S/C21H17F6N3O2/c1-12-10-30(11-28-12)17-4-3-16(9-18(17)32-2)29-19(31)7-13-5-14(20(22,23)24)8-15(6-13)21(25,26)27/h3-6,8-11H,7H2,1-2H3,(H,29,31). The van der Waals surface area contributed by atoms with Crippen molar-refractivity contribution >= 4 is 11.6 Å². The van der Waals surface area contributed by atoms with Gasteiger partial charge in [-0.25, -0.2) is 4.98 Å². The predicted molar refractivity (Wildman–Crippen MR) is 104 cm³/mol. The van der Waals surface area contributed by atoms with Crippen molar-refractivity contribution < 1.29 is 35.9 Å². The Kier molecular flexibility index (Phi) is 6.20. The highest BCUT2D eigenvalue weighted by Crippen LogP contribution is 2.36. The van der Waals surface area contributed by atoms with Crippen LogP contribution in [0, 0.1) is 6.92 Å². The van der Waals surface area contributed by atoms with Crippen molar-refractivity contribution in [2.24, 2.45) is 0 Å². The van der Waals surface area contributed by atoms with E-state index in [2.05, 4.69) is 10.3 Å². The van der Waals surface area contributed by atoms with Gasteiger partial charge >= 0.3 is 12.4 Å². The number of aryl methyl sites for hydroxylation is 1. The lowest BCUT2D eigenvalue weighted by atomic mass is 10.0. The van der Waals surface area contributed by atoms with Gasteiger partial charge in [0.15, 0.2) is 0 Å². The molecule has 1 amide bonds. The lowest BCUT2D eigenvalue weighted by Gasteiger charge is -2.15. The maximum atomic E-state index is 13.0. The molecule has 3 aromatic rings. The largest absolute Gasteiger partial charge is 0.494 e. The molecule has 1 aromatic heterocycles. The van der Waals surface area contributed by atoms with Crippen molar-refractivity contribution in [2.45, 2.75) is 25.7 Å². The van der Waals surface area contributed by atoms with Crippen LogP contribution < -0.4 is 10.1 Å². The first-order valence-electron chi connectivity index (χ1n) is 9.14. The smallest absolute Gasteiger partial charge is 0.416 e. The van der Waals surface area contributed by atoms with E-state index in [4.69, 9.17) is 4.74 Å². The van der Waals surface area contributed by atoms with Crippen LogP contribution >= 0.6 is 0 Å². The molecule has 1 N–H and O–H groups in total. The van der Waals surface area contributed by atoms with Gasteiger partial charge < -0.3 is 14.6 Å². The molecule has 11 heteroatoms. The van der Waals surface area contributed by atoms with Gasteiger partial charge in [0.05, 0.1) is 42.4 Å². The summed E-state index contributed by atoms with van der Waals surface area (Å²) in [5.41, 5.74) is -1.71. The third-order valence-corrected chi connectivity index (χ3v) is 4.47. The van der Waals surface area contributed by atoms with Crippen molar-refractivity contribution in [3.63, 3.8) is 0 Å². The molecule has 0 aliphatic rings. The Hall–Kier alpha value is -3.50. The number of imidazole rings is 1. The van der Waals surface area contributed by atoms with Crippen LogP contribution in [0.5, 0.6) is 5.75 Å². The fraction of sp³-hybridized carbons (Fsp3) is 0.238. The zero-order valence-electron chi connectivity index (χ0n) is 16.8. The van der Waals surface area contributed by atoms with Crippen LogP contribution in [0.1, 0.15) is 22.4 Å². The zero-order valence-corrected chi connectivity index (χ0v) is 16.8. The molecule has 3 rings (SSSR count). The van der Waals surface area contributed by atoms with Crippen molar-refractivity contribution in [3.05, 3.63) is 71.3 Å². The summed E-state index contributed by atoms with van der Waals surface area (Å²) in [6.45, 7) is 1.80. The van der Waals surface area contributed by atoms with Gasteiger partial charge in [-0.2, -0.15) is 26.3 Å². The predicted octanol–water partition coefficient (Wildman–Crippen LogP) is 5.41. The monoisotopic (exact) mass is 457 g/mol. The quantitative estimate of drug-likeness (QED) is 0.522. The number of nitrogens with one attached hydrogen (secondary N) is 1. The second-order valence-electron chi connectivity index (χ2n) is 6.95. The molecular weight excluding hydrogens is 440 g/mol. The third kappa shape index (κ3) is 5.40. The Bertz CT molecular complexity index is 1100. The first-order valence-corrected chi connectivity index (χ1v) is 9.14. The van der Waals surface area contributed by atoms with E-state index in [9.17, 15) is 31.1 Å². The normalized spacial score (nSPS) is 12.0. The summed E-state index contributed by atoms with van der Waals surface area (Å²) in [6.07, 6.45) is -7.33. The lowest BCUT2D eigenvalue weighted by molar-refractivity contribution is -0.143. The van der Waals surface area contributed by atoms with Gasteiger partial charge in [-0.1, -0.05) is 0 Å². The van der Waals surface area contributed by atoms with Crippen LogP contribution in [0.3, 0.4) is 0 Å². The van der Waals surface area contributed by atoms with E-state index in [1.165, 1.54) is 19.2 Å².